The van der Waals surface area contributed by atoms with Crippen LogP contribution in [0, 0.1) is 11.3 Å². The Morgan fingerprint density at radius 2 is 2.15 bits per heavy atom. The molecule has 2 saturated carbocycles. The number of esters is 1. The molecule has 5 heteroatoms. The van der Waals surface area contributed by atoms with Crippen LogP contribution in [-0.2, 0) is 9.53 Å². The Balaban J connectivity index is 2.05. The van der Waals surface area contributed by atoms with Gasteiger partial charge in [0.15, 0.2) is 0 Å². The summed E-state index contributed by atoms with van der Waals surface area (Å²) >= 11 is 0. The smallest absolute Gasteiger partial charge is 0.334 e. The third kappa shape index (κ3) is 1.70. The number of rotatable bonds is 1. The molecule has 2 aliphatic carbocycles. The van der Waals surface area contributed by atoms with Crippen LogP contribution in [0.5, 0.6) is 0 Å². The molecule has 0 amide bonds. The van der Waals surface area contributed by atoms with E-state index in [0.29, 0.717) is 31.3 Å². The highest BCUT2D eigenvalue weighted by atomic mass is 16.5. The maximum atomic E-state index is 11.7. The molecule has 0 aromatic rings. The Hall–Kier alpha value is -0.910. The summed E-state index contributed by atoms with van der Waals surface area (Å²) in [6, 6.07) is 0. The van der Waals surface area contributed by atoms with Crippen LogP contribution in [0.4, 0.5) is 0 Å². The SMILES string of the molecule is CC1=C2C[C@@H]3[C@@](CO)(C[C@@H]2OC1=O)[C@H](O)CC[C@]3(C)O. The second kappa shape index (κ2) is 4.29. The summed E-state index contributed by atoms with van der Waals surface area (Å²) in [5.41, 5.74) is -0.164. The van der Waals surface area contributed by atoms with Gasteiger partial charge in [-0.3, -0.25) is 0 Å². The first-order valence-corrected chi connectivity index (χ1v) is 7.24. The fourth-order valence-electron chi connectivity index (χ4n) is 4.40. The lowest BCUT2D eigenvalue weighted by atomic mass is 9.52. The lowest BCUT2D eigenvalue weighted by molar-refractivity contribution is -0.195. The first-order chi connectivity index (χ1) is 9.32. The predicted molar refractivity (Wildman–Crippen MR) is 70.7 cm³/mol. The normalized spacial score (nSPS) is 47.9. The number of aliphatic hydroxyl groups is 3. The molecular formula is C15H22O5. The van der Waals surface area contributed by atoms with Gasteiger partial charge in [-0.05, 0) is 45.1 Å². The average molecular weight is 282 g/mol. The molecule has 0 radical (unpaired) electrons. The molecule has 0 bridgehead atoms. The Morgan fingerprint density at radius 3 is 2.80 bits per heavy atom. The van der Waals surface area contributed by atoms with Gasteiger partial charge in [0.1, 0.15) is 6.10 Å². The number of hydrogen-bond acceptors (Lipinski definition) is 5. The van der Waals surface area contributed by atoms with Crippen LogP contribution in [-0.4, -0.2) is 45.7 Å². The fourth-order valence-corrected chi connectivity index (χ4v) is 4.40. The van der Waals surface area contributed by atoms with Gasteiger partial charge in [-0.2, -0.15) is 0 Å². The highest BCUT2D eigenvalue weighted by molar-refractivity contribution is 5.91. The van der Waals surface area contributed by atoms with Gasteiger partial charge in [-0.15, -0.1) is 0 Å². The summed E-state index contributed by atoms with van der Waals surface area (Å²) in [5.74, 6) is -0.565. The van der Waals surface area contributed by atoms with E-state index in [1.165, 1.54) is 0 Å². The van der Waals surface area contributed by atoms with Gasteiger partial charge in [0, 0.05) is 16.9 Å². The highest BCUT2D eigenvalue weighted by Crippen LogP contribution is 2.57. The van der Waals surface area contributed by atoms with Crippen molar-refractivity contribution in [3.05, 3.63) is 11.1 Å². The van der Waals surface area contributed by atoms with E-state index >= 15 is 0 Å². The van der Waals surface area contributed by atoms with Gasteiger partial charge in [0.25, 0.3) is 0 Å². The van der Waals surface area contributed by atoms with Gasteiger partial charge in [-0.1, -0.05) is 0 Å². The molecule has 3 N–H and O–H groups in total. The third-order valence-corrected chi connectivity index (χ3v) is 5.74. The number of fused-ring (bicyclic) bond motifs is 2. The Bertz CT molecular complexity index is 481. The van der Waals surface area contributed by atoms with Gasteiger partial charge < -0.3 is 20.1 Å². The van der Waals surface area contributed by atoms with Crippen molar-refractivity contribution in [2.24, 2.45) is 11.3 Å². The first kappa shape index (κ1) is 14.0. The van der Waals surface area contributed by atoms with Crippen LogP contribution in [0.1, 0.15) is 39.5 Å². The van der Waals surface area contributed by atoms with Crippen LogP contribution in [0.3, 0.4) is 0 Å². The number of ether oxygens (including phenoxy) is 1. The topological polar surface area (TPSA) is 87.0 Å². The number of carbonyl (C=O) groups is 1. The molecule has 0 saturated heterocycles. The van der Waals surface area contributed by atoms with Crippen molar-refractivity contribution in [1.29, 1.82) is 0 Å². The molecule has 3 rings (SSSR count). The minimum absolute atomic E-state index is 0.199. The minimum Gasteiger partial charge on any atom is -0.454 e. The zero-order valence-corrected chi connectivity index (χ0v) is 11.9. The second-order valence-electron chi connectivity index (χ2n) is 6.81. The monoisotopic (exact) mass is 282 g/mol. The second-order valence-corrected chi connectivity index (χ2v) is 6.81. The summed E-state index contributed by atoms with van der Waals surface area (Å²) in [6.07, 6.45) is 0.847. The molecule has 0 unspecified atom stereocenters. The standard InChI is InChI=1S/C15H22O5/c1-8-9-5-11-14(2,19)4-3-12(17)15(11,7-16)6-10(9)20-13(8)18/h10-12,16-17,19H,3-7H2,1-2H3/t10-,11-,12+,14-,15-/m0/s1. The summed E-state index contributed by atoms with van der Waals surface area (Å²) in [7, 11) is 0. The zero-order valence-electron chi connectivity index (χ0n) is 11.9. The molecule has 1 aliphatic heterocycles. The maximum Gasteiger partial charge on any atom is 0.334 e. The van der Waals surface area contributed by atoms with Crippen LogP contribution in [0.15, 0.2) is 11.1 Å². The molecule has 112 valence electrons. The van der Waals surface area contributed by atoms with E-state index in [9.17, 15) is 20.1 Å². The van der Waals surface area contributed by atoms with Crippen LogP contribution in [0.25, 0.3) is 0 Å². The van der Waals surface area contributed by atoms with Crippen molar-refractivity contribution in [2.45, 2.75) is 57.3 Å². The summed E-state index contributed by atoms with van der Waals surface area (Å²) in [6.45, 7) is 3.31. The molecular weight excluding hydrogens is 260 g/mol. The van der Waals surface area contributed by atoms with Gasteiger partial charge >= 0.3 is 5.97 Å². The largest absolute Gasteiger partial charge is 0.454 e. The third-order valence-electron chi connectivity index (χ3n) is 5.74. The number of hydrogen-bond donors (Lipinski definition) is 3. The molecule has 5 atom stereocenters. The molecule has 0 aromatic heterocycles. The van der Waals surface area contributed by atoms with Gasteiger partial charge in [-0.25, -0.2) is 4.79 Å². The number of aliphatic hydroxyl groups excluding tert-OH is 2. The van der Waals surface area contributed by atoms with E-state index in [1.54, 1.807) is 13.8 Å². The predicted octanol–water partition coefficient (Wildman–Crippen LogP) is 0.523. The average Bonchev–Trinajstić information content (AvgIpc) is 2.68. The van der Waals surface area contributed by atoms with E-state index in [1.807, 2.05) is 0 Å². The van der Waals surface area contributed by atoms with Crippen molar-refractivity contribution >= 4 is 5.97 Å². The van der Waals surface area contributed by atoms with Crippen LogP contribution in [0.2, 0.25) is 0 Å². The number of carbonyl (C=O) groups excluding carboxylic acids is 1. The molecule has 0 aromatic carbocycles. The van der Waals surface area contributed by atoms with Gasteiger partial charge in [0.2, 0.25) is 0 Å². The lowest BCUT2D eigenvalue weighted by Crippen LogP contribution is -2.61. The van der Waals surface area contributed by atoms with E-state index in [4.69, 9.17) is 4.74 Å². The summed E-state index contributed by atoms with van der Waals surface area (Å²) in [4.78, 5) is 11.7. The van der Waals surface area contributed by atoms with Crippen LogP contribution < -0.4 is 0 Å². The maximum absolute atomic E-state index is 11.7. The summed E-state index contributed by atoms with van der Waals surface area (Å²) in [5, 5.41) is 31.0. The van der Waals surface area contributed by atoms with Crippen molar-refractivity contribution in [2.75, 3.05) is 6.61 Å². The van der Waals surface area contributed by atoms with E-state index in [-0.39, 0.29) is 24.6 Å². The quantitative estimate of drug-likeness (QED) is 0.610. The Labute approximate surface area is 118 Å². The minimum atomic E-state index is -0.939. The Morgan fingerprint density at radius 1 is 1.45 bits per heavy atom. The Kier molecular flexibility index (Phi) is 3.01. The van der Waals surface area contributed by atoms with Gasteiger partial charge in [0.05, 0.1) is 18.3 Å². The van der Waals surface area contributed by atoms with E-state index < -0.39 is 17.1 Å². The molecule has 0 spiro atoms. The van der Waals surface area contributed by atoms with E-state index in [2.05, 4.69) is 0 Å². The molecule has 3 aliphatic rings. The fraction of sp³-hybridized carbons (Fsp3) is 0.800. The van der Waals surface area contributed by atoms with E-state index in [0.717, 1.165) is 5.57 Å². The molecule has 1 heterocycles. The highest BCUT2D eigenvalue weighted by Gasteiger charge is 2.60. The summed E-state index contributed by atoms with van der Waals surface area (Å²) < 4.78 is 5.35. The van der Waals surface area contributed by atoms with Crippen molar-refractivity contribution in [3.63, 3.8) is 0 Å². The molecule has 5 nitrogen and oxygen atoms in total. The molecule has 2 fully saturated rings. The van der Waals surface area contributed by atoms with Crippen LogP contribution >= 0.6 is 0 Å². The van der Waals surface area contributed by atoms with Crippen molar-refractivity contribution in [3.8, 4) is 0 Å². The van der Waals surface area contributed by atoms with Crippen molar-refractivity contribution < 1.29 is 24.9 Å². The lowest BCUT2D eigenvalue weighted by Gasteiger charge is -2.56. The zero-order chi connectivity index (χ0) is 14.7. The first-order valence-electron chi connectivity index (χ1n) is 7.24. The molecule has 20 heavy (non-hydrogen) atoms. The van der Waals surface area contributed by atoms with Crippen molar-refractivity contribution in [1.82, 2.24) is 0 Å².